The van der Waals surface area contributed by atoms with Crippen LogP contribution in [-0.2, 0) is 0 Å². The Balaban J connectivity index is 2.22. The number of pyridine rings is 3. The average molecular weight is 326 g/mol. The summed E-state index contributed by atoms with van der Waals surface area (Å²) < 4.78 is 0.829. The fourth-order valence-corrected chi connectivity index (χ4v) is 2.86. The van der Waals surface area contributed by atoms with Gasteiger partial charge in [0.1, 0.15) is 4.60 Å². The molecule has 0 aliphatic rings. The first kappa shape index (κ1) is 12.9. The lowest BCUT2D eigenvalue weighted by atomic mass is 9.97. The third kappa shape index (κ3) is 2.34. The van der Waals surface area contributed by atoms with Crippen molar-refractivity contribution in [1.29, 1.82) is 0 Å². The lowest BCUT2D eigenvalue weighted by molar-refractivity contribution is 1.22. The average Bonchev–Trinajstić information content (AvgIpc) is 2.49. The van der Waals surface area contributed by atoms with Gasteiger partial charge in [0.25, 0.3) is 0 Å². The van der Waals surface area contributed by atoms with Crippen LogP contribution < -0.4 is 0 Å². The van der Waals surface area contributed by atoms with Gasteiger partial charge in [0.05, 0.1) is 0 Å². The molecule has 3 aromatic heterocycles. The van der Waals surface area contributed by atoms with Crippen molar-refractivity contribution in [2.24, 2.45) is 0 Å². The minimum absolute atomic E-state index is 0.829. The molecule has 3 heterocycles. The lowest BCUT2D eigenvalue weighted by Gasteiger charge is -2.12. The van der Waals surface area contributed by atoms with Crippen LogP contribution in [0.2, 0.25) is 0 Å². The third-order valence-corrected chi connectivity index (χ3v) is 3.82. The van der Waals surface area contributed by atoms with E-state index < -0.39 is 0 Å². The van der Waals surface area contributed by atoms with Gasteiger partial charge in [0, 0.05) is 53.2 Å². The molecule has 0 saturated carbocycles. The van der Waals surface area contributed by atoms with Crippen LogP contribution in [0, 0.1) is 6.92 Å². The van der Waals surface area contributed by atoms with Crippen LogP contribution in [0.3, 0.4) is 0 Å². The van der Waals surface area contributed by atoms with E-state index in [0.717, 1.165) is 32.4 Å². The lowest BCUT2D eigenvalue weighted by Crippen LogP contribution is -1.93. The fraction of sp³-hybridized carbons (Fsp3) is 0.0625. The van der Waals surface area contributed by atoms with Gasteiger partial charge in [0.15, 0.2) is 0 Å². The van der Waals surface area contributed by atoms with E-state index in [-0.39, 0.29) is 0 Å². The van der Waals surface area contributed by atoms with E-state index in [4.69, 9.17) is 0 Å². The molecule has 0 unspecified atom stereocenters. The molecule has 0 saturated heterocycles. The zero-order chi connectivity index (χ0) is 13.9. The SMILES string of the molecule is Cc1c(-c2cccnc2)cnc(Br)c1-c1cccnc1. The quantitative estimate of drug-likeness (QED) is 0.660. The Kier molecular flexibility index (Phi) is 3.56. The van der Waals surface area contributed by atoms with Crippen molar-refractivity contribution < 1.29 is 0 Å². The second-order valence-electron chi connectivity index (χ2n) is 4.45. The van der Waals surface area contributed by atoms with Gasteiger partial charge < -0.3 is 0 Å². The standard InChI is InChI=1S/C16H12BrN3/c1-11-14(12-4-2-6-18-8-12)10-20-16(17)15(11)13-5-3-7-19-9-13/h2-10H,1H3. The summed E-state index contributed by atoms with van der Waals surface area (Å²) in [6.45, 7) is 2.09. The van der Waals surface area contributed by atoms with Crippen molar-refractivity contribution in [1.82, 2.24) is 15.0 Å². The second-order valence-corrected chi connectivity index (χ2v) is 5.20. The molecule has 4 heteroatoms. The largest absolute Gasteiger partial charge is 0.264 e. The molecule has 0 aliphatic carbocycles. The van der Waals surface area contributed by atoms with Gasteiger partial charge in [-0.25, -0.2) is 4.98 Å². The molecule has 0 amide bonds. The second kappa shape index (κ2) is 5.51. The van der Waals surface area contributed by atoms with E-state index in [1.807, 2.05) is 42.9 Å². The normalized spacial score (nSPS) is 10.5. The van der Waals surface area contributed by atoms with Gasteiger partial charge >= 0.3 is 0 Å². The van der Waals surface area contributed by atoms with Gasteiger partial charge in [-0.05, 0) is 40.5 Å². The Bertz CT molecular complexity index is 727. The molecule has 20 heavy (non-hydrogen) atoms. The van der Waals surface area contributed by atoms with Crippen molar-refractivity contribution in [3.63, 3.8) is 0 Å². The smallest absolute Gasteiger partial charge is 0.114 e. The molecule has 0 spiro atoms. The maximum atomic E-state index is 4.45. The molecular weight excluding hydrogens is 314 g/mol. The van der Waals surface area contributed by atoms with E-state index in [1.54, 1.807) is 12.4 Å². The maximum Gasteiger partial charge on any atom is 0.114 e. The molecule has 3 aromatic rings. The summed E-state index contributed by atoms with van der Waals surface area (Å²) in [5, 5.41) is 0. The van der Waals surface area contributed by atoms with E-state index in [9.17, 15) is 0 Å². The summed E-state index contributed by atoms with van der Waals surface area (Å²) in [5.41, 5.74) is 5.43. The maximum absolute atomic E-state index is 4.45. The van der Waals surface area contributed by atoms with Gasteiger partial charge in [-0.2, -0.15) is 0 Å². The summed E-state index contributed by atoms with van der Waals surface area (Å²) in [7, 11) is 0. The van der Waals surface area contributed by atoms with E-state index >= 15 is 0 Å². The Morgan fingerprint density at radius 3 is 2.15 bits per heavy atom. The van der Waals surface area contributed by atoms with E-state index in [2.05, 4.69) is 37.8 Å². The molecule has 3 nitrogen and oxygen atoms in total. The van der Waals surface area contributed by atoms with Crippen molar-refractivity contribution >= 4 is 15.9 Å². The number of halogens is 1. The first-order chi connectivity index (χ1) is 9.77. The fourth-order valence-electron chi connectivity index (χ4n) is 2.23. The molecule has 0 bridgehead atoms. The van der Waals surface area contributed by atoms with Crippen molar-refractivity contribution in [3.8, 4) is 22.3 Å². The van der Waals surface area contributed by atoms with Crippen LogP contribution in [0.5, 0.6) is 0 Å². The summed E-state index contributed by atoms with van der Waals surface area (Å²) in [6.07, 6.45) is 9.11. The van der Waals surface area contributed by atoms with Crippen LogP contribution in [0.1, 0.15) is 5.56 Å². The highest BCUT2D eigenvalue weighted by Crippen LogP contribution is 2.34. The minimum Gasteiger partial charge on any atom is -0.264 e. The predicted molar refractivity (Wildman–Crippen MR) is 83.1 cm³/mol. The van der Waals surface area contributed by atoms with E-state index in [0.29, 0.717) is 0 Å². The Morgan fingerprint density at radius 2 is 1.55 bits per heavy atom. The van der Waals surface area contributed by atoms with Gasteiger partial charge in [-0.15, -0.1) is 0 Å². The molecule has 0 N–H and O–H groups in total. The van der Waals surface area contributed by atoms with Crippen LogP contribution in [-0.4, -0.2) is 15.0 Å². The molecule has 0 aliphatic heterocycles. The monoisotopic (exact) mass is 325 g/mol. The van der Waals surface area contributed by atoms with Crippen molar-refractivity contribution in [2.45, 2.75) is 6.92 Å². The first-order valence-corrected chi connectivity index (χ1v) is 7.02. The van der Waals surface area contributed by atoms with Gasteiger partial charge in [0.2, 0.25) is 0 Å². The van der Waals surface area contributed by atoms with Crippen LogP contribution in [0.4, 0.5) is 0 Å². The molecule has 98 valence electrons. The zero-order valence-corrected chi connectivity index (χ0v) is 12.5. The molecule has 0 radical (unpaired) electrons. The van der Waals surface area contributed by atoms with Crippen LogP contribution >= 0.6 is 15.9 Å². The Labute approximate surface area is 125 Å². The van der Waals surface area contributed by atoms with Crippen molar-refractivity contribution in [2.75, 3.05) is 0 Å². The Morgan fingerprint density at radius 1 is 0.900 bits per heavy atom. The zero-order valence-electron chi connectivity index (χ0n) is 10.9. The first-order valence-electron chi connectivity index (χ1n) is 6.23. The van der Waals surface area contributed by atoms with Crippen LogP contribution in [0.25, 0.3) is 22.3 Å². The van der Waals surface area contributed by atoms with E-state index in [1.165, 1.54) is 0 Å². The molecule has 3 rings (SSSR count). The van der Waals surface area contributed by atoms with Gasteiger partial charge in [-0.1, -0.05) is 12.1 Å². The third-order valence-electron chi connectivity index (χ3n) is 3.22. The molecule has 0 aromatic carbocycles. The molecule has 0 atom stereocenters. The number of hydrogen-bond acceptors (Lipinski definition) is 3. The summed E-state index contributed by atoms with van der Waals surface area (Å²) >= 11 is 3.54. The molecular formula is C16H12BrN3. The minimum atomic E-state index is 0.829. The number of hydrogen-bond donors (Lipinski definition) is 0. The predicted octanol–water partition coefficient (Wildman–Crippen LogP) is 4.28. The van der Waals surface area contributed by atoms with Crippen LogP contribution in [0.15, 0.2) is 59.9 Å². The number of rotatable bonds is 2. The highest BCUT2D eigenvalue weighted by molar-refractivity contribution is 9.10. The summed E-state index contributed by atoms with van der Waals surface area (Å²) in [5.74, 6) is 0. The number of aromatic nitrogens is 3. The summed E-state index contributed by atoms with van der Waals surface area (Å²) in [4.78, 5) is 12.8. The van der Waals surface area contributed by atoms with Gasteiger partial charge in [-0.3, -0.25) is 9.97 Å². The highest BCUT2D eigenvalue weighted by atomic mass is 79.9. The number of nitrogens with zero attached hydrogens (tertiary/aromatic N) is 3. The molecule has 0 fully saturated rings. The Hall–Kier alpha value is -2.07. The highest BCUT2D eigenvalue weighted by Gasteiger charge is 2.13. The summed E-state index contributed by atoms with van der Waals surface area (Å²) in [6, 6.07) is 7.94. The van der Waals surface area contributed by atoms with Crippen molar-refractivity contribution in [3.05, 3.63) is 65.4 Å². The topological polar surface area (TPSA) is 38.7 Å².